The lowest BCUT2D eigenvalue weighted by atomic mass is 9.89. The van der Waals surface area contributed by atoms with Crippen molar-refractivity contribution >= 4 is 11.7 Å². The molecule has 1 aliphatic heterocycles. The van der Waals surface area contributed by atoms with Crippen LogP contribution in [0.4, 0.5) is 14.5 Å². The number of carboxylic acid groups (broad SMARTS) is 1. The number of benzene rings is 2. The molecule has 0 atom stereocenters. The van der Waals surface area contributed by atoms with Gasteiger partial charge in [-0.2, -0.15) is 0 Å². The monoisotopic (exact) mass is 491 g/mol. The van der Waals surface area contributed by atoms with Crippen LogP contribution in [0.3, 0.4) is 0 Å². The zero-order valence-electron chi connectivity index (χ0n) is 20.2. The molecule has 7 nitrogen and oxygen atoms in total. The van der Waals surface area contributed by atoms with Crippen LogP contribution in [-0.2, 0) is 20.9 Å². The Hall–Kier alpha value is -2.91. The third-order valence-corrected chi connectivity index (χ3v) is 6.70. The number of ether oxygens (including phenoxy) is 4. The third kappa shape index (κ3) is 5.21. The molecule has 1 heterocycles. The SMILES string of the molecule is COc1cc(-c2ccc(NC3(C(=O)O)CCOCC3)cc2COC2CC2)c(C(F)F)c(OC)c1C. The van der Waals surface area contributed by atoms with Crippen molar-refractivity contribution in [1.29, 1.82) is 0 Å². The minimum absolute atomic E-state index is 0.0812. The zero-order valence-corrected chi connectivity index (χ0v) is 20.2. The van der Waals surface area contributed by atoms with E-state index in [0.717, 1.165) is 12.8 Å². The molecule has 0 unspecified atom stereocenters. The Morgan fingerprint density at radius 3 is 2.46 bits per heavy atom. The van der Waals surface area contributed by atoms with Crippen LogP contribution >= 0.6 is 0 Å². The molecule has 2 aromatic rings. The summed E-state index contributed by atoms with van der Waals surface area (Å²) in [7, 11) is 2.85. The van der Waals surface area contributed by atoms with Crippen molar-refractivity contribution in [2.24, 2.45) is 0 Å². The molecule has 0 bridgehead atoms. The predicted octanol–water partition coefficient (Wildman–Crippen LogP) is 5.34. The summed E-state index contributed by atoms with van der Waals surface area (Å²) < 4.78 is 50.8. The molecule has 1 saturated carbocycles. The Morgan fingerprint density at radius 1 is 1.17 bits per heavy atom. The Bertz CT molecular complexity index is 1080. The molecule has 0 radical (unpaired) electrons. The summed E-state index contributed by atoms with van der Waals surface area (Å²) in [4.78, 5) is 12.1. The molecule has 9 heteroatoms. The number of methoxy groups -OCH3 is 2. The van der Waals surface area contributed by atoms with Crippen LogP contribution in [0, 0.1) is 6.92 Å². The fraction of sp³-hybridized carbons (Fsp3) is 0.500. The summed E-state index contributed by atoms with van der Waals surface area (Å²) in [6.45, 7) is 2.57. The van der Waals surface area contributed by atoms with E-state index < -0.39 is 17.9 Å². The second kappa shape index (κ2) is 10.4. The van der Waals surface area contributed by atoms with Crippen molar-refractivity contribution in [3.05, 3.63) is 41.0 Å². The lowest BCUT2D eigenvalue weighted by Gasteiger charge is -2.35. The van der Waals surface area contributed by atoms with Gasteiger partial charge in [-0.3, -0.25) is 0 Å². The molecule has 2 N–H and O–H groups in total. The summed E-state index contributed by atoms with van der Waals surface area (Å²) in [6.07, 6.45) is -0.0675. The molecule has 4 rings (SSSR count). The maximum atomic E-state index is 14.3. The van der Waals surface area contributed by atoms with Crippen molar-refractivity contribution in [1.82, 2.24) is 0 Å². The van der Waals surface area contributed by atoms with Crippen LogP contribution in [0.1, 0.15) is 48.8 Å². The number of carbonyl (C=O) groups is 1. The quantitative estimate of drug-likeness (QED) is 0.464. The van der Waals surface area contributed by atoms with Crippen LogP contribution in [-0.4, -0.2) is 50.2 Å². The molecule has 2 aliphatic rings. The highest BCUT2D eigenvalue weighted by atomic mass is 19.3. The van der Waals surface area contributed by atoms with Gasteiger partial charge in [-0.1, -0.05) is 6.07 Å². The minimum Gasteiger partial charge on any atom is -0.496 e. The highest BCUT2D eigenvalue weighted by Crippen LogP contribution is 2.45. The summed E-state index contributed by atoms with van der Waals surface area (Å²) >= 11 is 0. The van der Waals surface area contributed by atoms with E-state index in [1.54, 1.807) is 31.2 Å². The molecule has 0 amide bonds. The van der Waals surface area contributed by atoms with Gasteiger partial charge in [0.05, 0.1) is 32.5 Å². The summed E-state index contributed by atoms with van der Waals surface area (Å²) in [6, 6.07) is 6.81. The summed E-state index contributed by atoms with van der Waals surface area (Å²) in [5.41, 5.74) is 1.22. The molecule has 0 aromatic heterocycles. The van der Waals surface area contributed by atoms with Gasteiger partial charge in [0.1, 0.15) is 17.0 Å². The highest BCUT2D eigenvalue weighted by molar-refractivity contribution is 5.84. The van der Waals surface area contributed by atoms with E-state index >= 15 is 0 Å². The Balaban J connectivity index is 1.81. The largest absolute Gasteiger partial charge is 0.496 e. The van der Waals surface area contributed by atoms with Gasteiger partial charge < -0.3 is 29.4 Å². The number of nitrogens with one attached hydrogen (secondary N) is 1. The highest BCUT2D eigenvalue weighted by Gasteiger charge is 2.40. The Kier molecular flexibility index (Phi) is 7.47. The number of hydrogen-bond donors (Lipinski definition) is 2. The van der Waals surface area contributed by atoms with Gasteiger partial charge in [0, 0.05) is 37.3 Å². The molecule has 190 valence electrons. The van der Waals surface area contributed by atoms with E-state index in [1.807, 2.05) is 0 Å². The first-order valence-electron chi connectivity index (χ1n) is 11.7. The lowest BCUT2D eigenvalue weighted by molar-refractivity contribution is -0.145. The van der Waals surface area contributed by atoms with Gasteiger partial charge in [-0.05, 0) is 54.7 Å². The van der Waals surface area contributed by atoms with Crippen molar-refractivity contribution in [2.45, 2.75) is 57.3 Å². The summed E-state index contributed by atoms with van der Waals surface area (Å²) in [5.74, 6) is -0.434. The van der Waals surface area contributed by atoms with E-state index in [-0.39, 0.29) is 24.0 Å². The molecule has 35 heavy (non-hydrogen) atoms. The number of anilines is 1. The molecular formula is C26H31F2NO6. The Labute approximate surface area is 203 Å². The smallest absolute Gasteiger partial charge is 0.329 e. The zero-order chi connectivity index (χ0) is 25.2. The van der Waals surface area contributed by atoms with E-state index in [9.17, 15) is 18.7 Å². The fourth-order valence-electron chi connectivity index (χ4n) is 4.55. The average Bonchev–Trinajstić information content (AvgIpc) is 3.67. The molecule has 0 spiro atoms. The summed E-state index contributed by atoms with van der Waals surface area (Å²) in [5, 5.41) is 13.1. The van der Waals surface area contributed by atoms with Gasteiger partial charge in [0.15, 0.2) is 0 Å². The van der Waals surface area contributed by atoms with Gasteiger partial charge in [-0.25, -0.2) is 13.6 Å². The minimum atomic E-state index is -2.78. The first-order valence-corrected chi connectivity index (χ1v) is 11.7. The number of rotatable bonds is 10. The topological polar surface area (TPSA) is 86.3 Å². The van der Waals surface area contributed by atoms with Crippen molar-refractivity contribution in [3.8, 4) is 22.6 Å². The van der Waals surface area contributed by atoms with Crippen LogP contribution in [0.25, 0.3) is 11.1 Å². The second-order valence-electron chi connectivity index (χ2n) is 9.01. The number of alkyl halides is 2. The first kappa shape index (κ1) is 25.2. The third-order valence-electron chi connectivity index (χ3n) is 6.70. The predicted molar refractivity (Wildman–Crippen MR) is 127 cm³/mol. The maximum absolute atomic E-state index is 14.3. The van der Waals surface area contributed by atoms with E-state index in [0.29, 0.717) is 59.7 Å². The molecule has 2 fully saturated rings. The number of halogens is 2. The van der Waals surface area contributed by atoms with Crippen LogP contribution in [0.2, 0.25) is 0 Å². The molecule has 1 aliphatic carbocycles. The van der Waals surface area contributed by atoms with Crippen molar-refractivity contribution in [3.63, 3.8) is 0 Å². The maximum Gasteiger partial charge on any atom is 0.329 e. The Morgan fingerprint density at radius 2 is 1.89 bits per heavy atom. The van der Waals surface area contributed by atoms with Gasteiger partial charge in [0.25, 0.3) is 6.43 Å². The van der Waals surface area contributed by atoms with E-state index in [2.05, 4.69) is 5.32 Å². The van der Waals surface area contributed by atoms with Crippen molar-refractivity contribution in [2.75, 3.05) is 32.8 Å². The average molecular weight is 492 g/mol. The molecular weight excluding hydrogens is 460 g/mol. The van der Waals surface area contributed by atoms with Crippen molar-refractivity contribution < 1.29 is 37.6 Å². The molecule has 1 saturated heterocycles. The normalized spacial score (nSPS) is 17.3. The fourth-order valence-corrected chi connectivity index (χ4v) is 4.55. The van der Waals surface area contributed by atoms with Crippen LogP contribution < -0.4 is 14.8 Å². The lowest BCUT2D eigenvalue weighted by Crippen LogP contribution is -2.50. The second-order valence-corrected chi connectivity index (χ2v) is 9.01. The van der Waals surface area contributed by atoms with Crippen LogP contribution in [0.5, 0.6) is 11.5 Å². The van der Waals surface area contributed by atoms with Gasteiger partial charge >= 0.3 is 5.97 Å². The van der Waals surface area contributed by atoms with E-state index in [4.69, 9.17) is 18.9 Å². The molecule has 2 aromatic carbocycles. The van der Waals surface area contributed by atoms with E-state index in [1.165, 1.54) is 14.2 Å². The number of hydrogen-bond acceptors (Lipinski definition) is 6. The van der Waals surface area contributed by atoms with Gasteiger partial charge in [-0.15, -0.1) is 0 Å². The standard InChI is InChI=1S/C26H31F2NO6/c1-15-21(32-2)13-20(22(24(27)28)23(15)33-3)19-7-4-17(12-16(19)14-35-18-5-6-18)29-26(25(30)31)8-10-34-11-9-26/h4,7,12-13,18,24,29H,5-6,8-11,14H2,1-3H3,(H,30,31). The van der Waals surface area contributed by atoms with Crippen LogP contribution in [0.15, 0.2) is 24.3 Å². The number of carboxylic acids is 1. The first-order chi connectivity index (χ1) is 16.8. The number of aliphatic carboxylic acids is 1. The van der Waals surface area contributed by atoms with Gasteiger partial charge in [0.2, 0.25) is 0 Å².